The highest BCUT2D eigenvalue weighted by Crippen LogP contribution is 2.46. The molecule has 0 bridgehead atoms. The van der Waals surface area contributed by atoms with E-state index in [9.17, 15) is 18.4 Å². The Balaban J connectivity index is 1.65. The fraction of sp³-hybridized carbons (Fsp3) is 0.382. The predicted octanol–water partition coefficient (Wildman–Crippen LogP) is 8.72. The molecule has 1 amide bonds. The number of halogens is 4. The minimum absolute atomic E-state index is 0.0481. The van der Waals surface area contributed by atoms with Gasteiger partial charge in [0.2, 0.25) is 5.91 Å². The number of nitrogens with zero attached hydrogens (tertiary/aromatic N) is 3. The van der Waals surface area contributed by atoms with Crippen molar-refractivity contribution >= 4 is 40.2 Å². The Morgan fingerprint density at radius 2 is 1.61 bits per heavy atom. The molecular formula is C34H35ClF3N3O3. The number of imidazole rings is 1. The highest BCUT2D eigenvalue weighted by Gasteiger charge is 2.45. The topological polar surface area (TPSA) is 64.4 Å². The van der Waals surface area contributed by atoms with Gasteiger partial charge in [-0.05, 0) is 94.8 Å². The summed E-state index contributed by atoms with van der Waals surface area (Å²) in [5.74, 6) is -3.16. The van der Waals surface area contributed by atoms with Crippen LogP contribution in [0.2, 0.25) is 5.02 Å². The number of esters is 1. The first-order valence-corrected chi connectivity index (χ1v) is 15.1. The summed E-state index contributed by atoms with van der Waals surface area (Å²) in [6.45, 7) is 6.71. The van der Waals surface area contributed by atoms with Crippen LogP contribution in [0.5, 0.6) is 0 Å². The van der Waals surface area contributed by atoms with Gasteiger partial charge in [0.1, 0.15) is 22.9 Å². The quantitative estimate of drug-likeness (QED) is 0.193. The summed E-state index contributed by atoms with van der Waals surface area (Å²) < 4.78 is 52.4. The molecule has 6 nitrogen and oxygen atoms in total. The van der Waals surface area contributed by atoms with Gasteiger partial charge in [0.05, 0.1) is 16.7 Å². The first kappa shape index (κ1) is 31.6. The molecule has 0 N–H and O–H groups in total. The maximum atomic E-state index is 16.1. The predicted molar refractivity (Wildman–Crippen MR) is 165 cm³/mol. The van der Waals surface area contributed by atoms with Crippen molar-refractivity contribution < 1.29 is 27.5 Å². The Morgan fingerprint density at radius 3 is 2.23 bits per heavy atom. The highest BCUT2D eigenvalue weighted by atomic mass is 35.5. The summed E-state index contributed by atoms with van der Waals surface area (Å²) in [5.41, 5.74) is -0.0663. The maximum absolute atomic E-state index is 16.1. The Labute approximate surface area is 259 Å². The number of aromatic nitrogens is 2. The van der Waals surface area contributed by atoms with Gasteiger partial charge >= 0.3 is 5.97 Å². The molecule has 1 aliphatic carbocycles. The van der Waals surface area contributed by atoms with Gasteiger partial charge < -0.3 is 4.74 Å². The number of hydrogen-bond acceptors (Lipinski definition) is 4. The zero-order chi connectivity index (χ0) is 31.8. The van der Waals surface area contributed by atoms with E-state index >= 15 is 4.39 Å². The first-order valence-electron chi connectivity index (χ1n) is 14.7. The smallest absolute Gasteiger partial charge is 0.306 e. The Morgan fingerprint density at radius 1 is 0.955 bits per heavy atom. The molecule has 1 heterocycles. The van der Waals surface area contributed by atoms with E-state index in [0.29, 0.717) is 47.7 Å². The average molecular weight is 626 g/mol. The molecule has 0 spiro atoms. The number of carbonyl (C=O) groups is 2. The number of amides is 1. The van der Waals surface area contributed by atoms with Gasteiger partial charge in [-0.25, -0.2) is 18.2 Å². The van der Waals surface area contributed by atoms with Gasteiger partial charge in [-0.2, -0.15) is 0 Å². The molecule has 4 aromatic rings. The van der Waals surface area contributed by atoms with Crippen LogP contribution in [0, 0.1) is 17.5 Å². The molecule has 5 rings (SSSR count). The second-order valence-electron chi connectivity index (χ2n) is 12.3. The molecule has 3 aromatic carbocycles. The summed E-state index contributed by atoms with van der Waals surface area (Å²) in [5, 5.41) is 0.500. The summed E-state index contributed by atoms with van der Waals surface area (Å²) in [4.78, 5) is 32.0. The summed E-state index contributed by atoms with van der Waals surface area (Å²) in [6.07, 6.45) is 3.50. The van der Waals surface area contributed by atoms with E-state index < -0.39 is 34.6 Å². The van der Waals surface area contributed by atoms with E-state index in [1.807, 2.05) is 0 Å². The lowest BCUT2D eigenvalue weighted by Crippen LogP contribution is -2.55. The van der Waals surface area contributed by atoms with E-state index in [1.54, 1.807) is 61.7 Å². The lowest BCUT2D eigenvalue weighted by molar-refractivity contribution is -0.154. The van der Waals surface area contributed by atoms with Crippen LogP contribution in [0.4, 0.5) is 18.9 Å². The molecule has 0 unspecified atom stereocenters. The van der Waals surface area contributed by atoms with Crippen molar-refractivity contribution in [3.05, 3.63) is 82.6 Å². The molecule has 232 valence electrons. The number of hydrogen-bond donors (Lipinski definition) is 0. The second kappa shape index (κ2) is 12.3. The molecule has 1 fully saturated rings. The van der Waals surface area contributed by atoms with Gasteiger partial charge in [-0.3, -0.25) is 19.1 Å². The van der Waals surface area contributed by atoms with Crippen molar-refractivity contribution in [2.24, 2.45) is 0 Å². The van der Waals surface area contributed by atoms with E-state index in [0.717, 1.165) is 18.6 Å². The van der Waals surface area contributed by atoms with Crippen LogP contribution in [0.3, 0.4) is 0 Å². The highest BCUT2D eigenvalue weighted by molar-refractivity contribution is 6.30. The molecule has 1 aliphatic rings. The number of rotatable bonds is 7. The standard InChI is InChI=1S/C34H35ClF3N3O3/c1-21(42)40(29-14-8-22(18-27(29)38)9-15-31(43)44-33(2,3)4)34(16-6-5-7-17-34)41-30-20-26(37)25(36)19-28(30)39-32(41)23-10-12-24(35)13-11-23/h8,10-14,18-20H,5-7,9,15-17H2,1-4H3. The van der Waals surface area contributed by atoms with Crippen LogP contribution in [0.15, 0.2) is 54.6 Å². The lowest BCUT2D eigenvalue weighted by atomic mass is 9.85. The summed E-state index contributed by atoms with van der Waals surface area (Å²) in [7, 11) is 0. The van der Waals surface area contributed by atoms with E-state index in [1.165, 1.54) is 17.9 Å². The monoisotopic (exact) mass is 625 g/mol. The molecular weight excluding hydrogens is 591 g/mol. The normalized spacial score (nSPS) is 14.9. The SMILES string of the molecule is CC(=O)N(c1ccc(CCC(=O)OC(C)(C)C)cc1F)C1(n2c(-c3ccc(Cl)cc3)nc3cc(F)c(F)cc32)CCCCC1. The molecule has 1 saturated carbocycles. The van der Waals surface area contributed by atoms with Crippen molar-refractivity contribution in [3.8, 4) is 11.4 Å². The van der Waals surface area contributed by atoms with Crippen molar-refractivity contribution in [3.63, 3.8) is 0 Å². The van der Waals surface area contributed by atoms with Gasteiger partial charge in [-0.15, -0.1) is 0 Å². The lowest BCUT2D eigenvalue weighted by Gasteiger charge is -2.48. The molecule has 0 atom stereocenters. The molecule has 0 radical (unpaired) electrons. The Hall–Kier alpha value is -3.85. The van der Waals surface area contributed by atoms with Crippen LogP contribution in [-0.4, -0.2) is 27.0 Å². The largest absolute Gasteiger partial charge is 0.460 e. The Kier molecular flexibility index (Phi) is 8.80. The average Bonchev–Trinajstić information content (AvgIpc) is 3.31. The van der Waals surface area contributed by atoms with E-state index in [2.05, 4.69) is 0 Å². The van der Waals surface area contributed by atoms with Crippen molar-refractivity contribution in [1.82, 2.24) is 9.55 Å². The van der Waals surface area contributed by atoms with Crippen molar-refractivity contribution in [1.29, 1.82) is 0 Å². The van der Waals surface area contributed by atoms with Crippen molar-refractivity contribution in [2.75, 3.05) is 4.90 Å². The number of fused-ring (bicyclic) bond motifs is 1. The van der Waals surface area contributed by atoms with Crippen LogP contribution in [0.1, 0.15) is 71.8 Å². The summed E-state index contributed by atoms with van der Waals surface area (Å²) >= 11 is 6.16. The number of carbonyl (C=O) groups excluding carboxylic acids is 2. The number of anilines is 1. The van der Waals surface area contributed by atoms with E-state index in [-0.39, 0.29) is 35.5 Å². The van der Waals surface area contributed by atoms with E-state index in [4.69, 9.17) is 21.3 Å². The number of aryl methyl sites for hydroxylation is 1. The zero-order valence-electron chi connectivity index (χ0n) is 25.2. The second-order valence-corrected chi connectivity index (χ2v) is 12.7. The van der Waals surface area contributed by atoms with Crippen LogP contribution in [-0.2, 0) is 26.4 Å². The molecule has 0 aliphatic heterocycles. The third-order valence-corrected chi connectivity index (χ3v) is 8.14. The van der Waals surface area contributed by atoms with Crippen LogP contribution >= 0.6 is 11.6 Å². The van der Waals surface area contributed by atoms with Gasteiger partial charge in [0, 0.05) is 36.1 Å². The van der Waals surface area contributed by atoms with Gasteiger partial charge in [-0.1, -0.05) is 24.1 Å². The molecule has 0 saturated heterocycles. The van der Waals surface area contributed by atoms with Crippen LogP contribution < -0.4 is 4.90 Å². The zero-order valence-corrected chi connectivity index (χ0v) is 26.0. The van der Waals surface area contributed by atoms with Gasteiger partial charge in [0.15, 0.2) is 11.6 Å². The number of benzene rings is 3. The number of ether oxygens (including phenoxy) is 1. The third kappa shape index (κ3) is 6.34. The minimum Gasteiger partial charge on any atom is -0.460 e. The fourth-order valence-electron chi connectivity index (χ4n) is 6.16. The molecule has 10 heteroatoms. The van der Waals surface area contributed by atoms with Gasteiger partial charge in [0.25, 0.3) is 0 Å². The third-order valence-electron chi connectivity index (χ3n) is 7.89. The maximum Gasteiger partial charge on any atom is 0.306 e. The fourth-order valence-corrected chi connectivity index (χ4v) is 6.29. The molecule has 1 aromatic heterocycles. The van der Waals surface area contributed by atoms with Crippen LogP contribution in [0.25, 0.3) is 22.4 Å². The minimum atomic E-state index is -1.18. The summed E-state index contributed by atoms with van der Waals surface area (Å²) in [6, 6.07) is 13.6. The first-order chi connectivity index (χ1) is 20.8. The Bertz CT molecular complexity index is 1710. The molecule has 44 heavy (non-hydrogen) atoms. The van der Waals surface area contributed by atoms with Crippen molar-refractivity contribution in [2.45, 2.75) is 83.9 Å².